The molecule has 1 heterocycles. The van der Waals surface area contributed by atoms with Gasteiger partial charge in [0.15, 0.2) is 0 Å². The first-order valence-electron chi connectivity index (χ1n) is 5.59. The van der Waals surface area contributed by atoms with Crippen molar-refractivity contribution in [3.63, 3.8) is 0 Å². The van der Waals surface area contributed by atoms with E-state index in [1.54, 1.807) is 0 Å². The molecule has 3 rings (SSSR count). The van der Waals surface area contributed by atoms with Gasteiger partial charge < -0.3 is 0 Å². The number of hydrogen-bond acceptors (Lipinski definition) is 2. The monoisotopic (exact) mass is 334 g/mol. The average Bonchev–Trinajstić information content (AvgIpc) is 2.83. The van der Waals surface area contributed by atoms with E-state index in [-0.39, 0.29) is 0 Å². The zero-order chi connectivity index (χ0) is 12.4. The Hall–Kier alpha value is -0.991. The summed E-state index contributed by atoms with van der Waals surface area (Å²) >= 11 is 6.79. The molecule has 0 aliphatic rings. The number of benzene rings is 2. The van der Waals surface area contributed by atoms with Gasteiger partial charge in [0.2, 0.25) is 0 Å². The summed E-state index contributed by atoms with van der Waals surface area (Å²) in [5, 5.41) is 0. The fraction of sp³-hybridized carbons (Fsp3) is 0. The second-order valence-corrected chi connectivity index (χ2v) is 8.17. The molecule has 0 aliphatic heterocycles. The van der Waals surface area contributed by atoms with Crippen molar-refractivity contribution in [2.45, 2.75) is 0 Å². The summed E-state index contributed by atoms with van der Waals surface area (Å²) in [6.45, 7) is 0. The van der Waals surface area contributed by atoms with Crippen LogP contribution in [-0.2, 0) is 0 Å². The molecule has 18 heavy (non-hydrogen) atoms. The van der Waals surface area contributed by atoms with E-state index in [1.165, 1.54) is 23.6 Å². The van der Waals surface area contributed by atoms with Crippen LogP contribution in [0.3, 0.4) is 0 Å². The van der Waals surface area contributed by atoms with Crippen LogP contribution >= 0.6 is 22.7 Å². The molecular weight excluding hydrogens is 323 g/mol. The van der Waals surface area contributed by atoms with E-state index < -0.39 is 0 Å². The third-order valence-electron chi connectivity index (χ3n) is 2.65. The van der Waals surface area contributed by atoms with Crippen molar-refractivity contribution < 1.29 is 0 Å². The van der Waals surface area contributed by atoms with Crippen molar-refractivity contribution in [2.24, 2.45) is 0 Å². The van der Waals surface area contributed by atoms with Crippen LogP contribution in [0.1, 0.15) is 0 Å². The summed E-state index contributed by atoms with van der Waals surface area (Å²) in [5.41, 5.74) is 2.58. The Balaban J connectivity index is 2.21. The van der Waals surface area contributed by atoms with Crippen LogP contribution in [-0.4, -0.2) is 15.6 Å². The van der Waals surface area contributed by atoms with E-state index in [0.29, 0.717) is 0 Å². The van der Waals surface area contributed by atoms with E-state index in [9.17, 15) is 0 Å². The fourth-order valence-electron chi connectivity index (χ4n) is 1.84. The van der Waals surface area contributed by atoms with Gasteiger partial charge in [0.25, 0.3) is 0 Å². The van der Waals surface area contributed by atoms with E-state index in [4.69, 9.17) is 0 Å². The van der Waals surface area contributed by atoms with Crippen molar-refractivity contribution >= 4 is 38.2 Å². The topological polar surface area (TPSA) is 0 Å². The minimum atomic E-state index is 1.27. The molecule has 1 aromatic heterocycles. The van der Waals surface area contributed by atoms with Crippen molar-refractivity contribution in [2.75, 3.05) is 0 Å². The molecule has 0 saturated heterocycles. The van der Waals surface area contributed by atoms with Crippen molar-refractivity contribution in [1.29, 1.82) is 0 Å². The first-order chi connectivity index (χ1) is 8.84. The van der Waals surface area contributed by atoms with Crippen molar-refractivity contribution in [3.05, 3.63) is 63.4 Å². The molecule has 0 unspecified atom stereocenters. The van der Waals surface area contributed by atoms with Gasteiger partial charge in [-0.3, -0.25) is 0 Å². The molecule has 3 aromatic rings. The molecule has 0 nitrogen and oxygen atoms in total. The molecule has 0 aliphatic carbocycles. The van der Waals surface area contributed by atoms with Crippen LogP contribution in [0.4, 0.5) is 0 Å². The van der Waals surface area contributed by atoms with Gasteiger partial charge in [-0.25, -0.2) is 0 Å². The van der Waals surface area contributed by atoms with Crippen LogP contribution in [0, 0.1) is 2.69 Å². The Kier molecular flexibility index (Phi) is 3.57. The van der Waals surface area contributed by atoms with Gasteiger partial charge in [-0.05, 0) is 0 Å². The van der Waals surface area contributed by atoms with Crippen molar-refractivity contribution in [1.82, 2.24) is 0 Å². The predicted octanol–water partition coefficient (Wildman–Crippen LogP) is 4.84. The normalized spacial score (nSPS) is 10.4. The first kappa shape index (κ1) is 12.1. The van der Waals surface area contributed by atoms with Gasteiger partial charge in [0.1, 0.15) is 0 Å². The Morgan fingerprint density at radius 3 is 1.39 bits per heavy atom. The van der Waals surface area contributed by atoms with Crippen LogP contribution in [0.25, 0.3) is 20.9 Å². The fourth-order valence-corrected chi connectivity index (χ4v) is 5.07. The predicted molar refractivity (Wildman–Crippen MR) is 82.1 cm³/mol. The maximum absolute atomic E-state index is 3.14. The van der Waals surface area contributed by atoms with E-state index >= 15 is 0 Å². The molecule has 88 valence electrons. The molecule has 0 N–H and O–H groups in total. The third kappa shape index (κ3) is 2.40. The summed E-state index contributed by atoms with van der Waals surface area (Å²) in [4.78, 5) is 2.70. The molecule has 2 aromatic carbocycles. The van der Waals surface area contributed by atoms with Gasteiger partial charge in [0.05, 0.1) is 0 Å². The number of hydrogen-bond donors (Lipinski definition) is 0. The Bertz CT molecular complexity index is 636. The molecule has 3 heteroatoms. The molecule has 0 saturated carbocycles. The first-order valence-corrected chi connectivity index (χ1v) is 8.08. The zero-order valence-corrected chi connectivity index (χ0v) is 12.8. The van der Waals surface area contributed by atoms with Gasteiger partial charge in [0, 0.05) is 0 Å². The van der Waals surface area contributed by atoms with Crippen LogP contribution in [0.5, 0.6) is 0 Å². The summed E-state index contributed by atoms with van der Waals surface area (Å²) in [6.07, 6.45) is 0. The molecule has 0 bridgehead atoms. The third-order valence-corrected chi connectivity index (χ3v) is 5.95. The second-order valence-electron chi connectivity index (χ2n) is 3.84. The quantitative estimate of drug-likeness (QED) is 0.589. The molecule has 0 spiro atoms. The van der Waals surface area contributed by atoms with Gasteiger partial charge in [-0.1, -0.05) is 0 Å². The van der Waals surface area contributed by atoms with Gasteiger partial charge >= 0.3 is 122 Å². The summed E-state index contributed by atoms with van der Waals surface area (Å²) in [7, 11) is 0. The zero-order valence-electron chi connectivity index (χ0n) is 9.50. The summed E-state index contributed by atoms with van der Waals surface area (Å²) in [6, 6.07) is 21.2. The Morgan fingerprint density at radius 1 is 0.611 bits per heavy atom. The average molecular weight is 333 g/mol. The van der Waals surface area contributed by atoms with Gasteiger partial charge in [-0.2, -0.15) is 0 Å². The van der Waals surface area contributed by atoms with E-state index in [0.717, 1.165) is 0 Å². The molecule has 0 radical (unpaired) electrons. The second kappa shape index (κ2) is 5.33. The minimum absolute atomic E-state index is 1.27. The molecule has 0 fully saturated rings. The SMILES string of the molecule is [Se]=c1sc(-c2ccccc2)c(-c2ccccc2)s1. The summed E-state index contributed by atoms with van der Waals surface area (Å²) in [5.74, 6) is 0. The van der Waals surface area contributed by atoms with Gasteiger partial charge in [-0.15, -0.1) is 0 Å². The molecule has 0 atom stereocenters. The molecular formula is C15H10S2Se. The van der Waals surface area contributed by atoms with E-state index in [2.05, 4.69) is 76.2 Å². The van der Waals surface area contributed by atoms with Crippen LogP contribution in [0.15, 0.2) is 60.7 Å². The van der Waals surface area contributed by atoms with Crippen molar-refractivity contribution in [3.8, 4) is 20.9 Å². The summed E-state index contributed by atoms with van der Waals surface area (Å²) < 4.78 is 1.27. The maximum atomic E-state index is 3.14. The Labute approximate surface area is 122 Å². The van der Waals surface area contributed by atoms with Crippen LogP contribution < -0.4 is 0 Å². The van der Waals surface area contributed by atoms with E-state index in [1.807, 2.05) is 22.7 Å². The van der Waals surface area contributed by atoms with Crippen LogP contribution in [0.2, 0.25) is 0 Å². The Morgan fingerprint density at radius 2 is 1.00 bits per heavy atom. The molecule has 0 amide bonds. The standard InChI is InChI=1S/C15H10S2Se/c18-15-16-13(11-7-3-1-4-8-11)14(17-15)12-9-5-2-6-10-12/h1-10H. The number of rotatable bonds is 2.